The van der Waals surface area contributed by atoms with E-state index >= 15 is 0 Å². The average Bonchev–Trinajstić information content (AvgIpc) is 2.55. The van der Waals surface area contributed by atoms with Crippen LogP contribution in [0.15, 0.2) is 0 Å². The van der Waals surface area contributed by atoms with E-state index in [2.05, 4.69) is 10.6 Å². The molecule has 1 amide bonds. The van der Waals surface area contributed by atoms with E-state index in [9.17, 15) is 4.79 Å². The van der Waals surface area contributed by atoms with Gasteiger partial charge in [-0.15, -0.1) is 0 Å². The second-order valence-electron chi connectivity index (χ2n) is 3.52. The minimum absolute atomic E-state index is 0.238. The monoisotopic (exact) mass is 154 g/mol. The molecule has 0 aromatic carbocycles. The Morgan fingerprint density at radius 1 is 1.27 bits per heavy atom. The molecule has 2 aliphatic rings. The Labute approximate surface area is 66.5 Å². The summed E-state index contributed by atoms with van der Waals surface area (Å²) in [6, 6.07) is 0. The summed E-state index contributed by atoms with van der Waals surface area (Å²) >= 11 is 0. The quantitative estimate of drug-likeness (QED) is 0.546. The lowest BCUT2D eigenvalue weighted by atomic mass is 9.91. The zero-order valence-electron chi connectivity index (χ0n) is 6.60. The highest BCUT2D eigenvalue weighted by atomic mass is 16.1. The van der Waals surface area contributed by atoms with Crippen molar-refractivity contribution in [2.75, 3.05) is 19.6 Å². The van der Waals surface area contributed by atoms with E-state index in [1.807, 2.05) is 0 Å². The Morgan fingerprint density at radius 2 is 2.18 bits per heavy atom. The molecule has 11 heavy (non-hydrogen) atoms. The van der Waals surface area contributed by atoms with Crippen LogP contribution in [0, 0.1) is 11.8 Å². The molecule has 2 saturated heterocycles. The fourth-order valence-electron chi connectivity index (χ4n) is 2.04. The van der Waals surface area contributed by atoms with E-state index in [1.54, 1.807) is 0 Å². The van der Waals surface area contributed by atoms with E-state index in [0.29, 0.717) is 5.92 Å². The van der Waals surface area contributed by atoms with Gasteiger partial charge >= 0.3 is 0 Å². The van der Waals surface area contributed by atoms with Crippen LogP contribution in [0.2, 0.25) is 0 Å². The Bertz CT molecular complexity index is 163. The molecule has 0 saturated carbocycles. The lowest BCUT2D eigenvalue weighted by Crippen LogP contribution is -2.20. The molecule has 3 heteroatoms. The van der Waals surface area contributed by atoms with Crippen molar-refractivity contribution in [1.29, 1.82) is 0 Å². The largest absolute Gasteiger partial charge is 0.356 e. The molecule has 0 aromatic rings. The van der Waals surface area contributed by atoms with E-state index in [1.165, 1.54) is 6.42 Å². The Kier molecular flexibility index (Phi) is 1.82. The van der Waals surface area contributed by atoms with Crippen molar-refractivity contribution in [1.82, 2.24) is 10.6 Å². The minimum atomic E-state index is 0.238. The molecule has 3 nitrogen and oxygen atoms in total. The third-order valence-electron chi connectivity index (χ3n) is 2.77. The lowest BCUT2D eigenvalue weighted by Gasteiger charge is -2.13. The van der Waals surface area contributed by atoms with Gasteiger partial charge in [-0.3, -0.25) is 4.79 Å². The van der Waals surface area contributed by atoms with Gasteiger partial charge in [-0.1, -0.05) is 0 Å². The first-order valence-corrected chi connectivity index (χ1v) is 4.33. The molecule has 2 unspecified atom stereocenters. The maximum atomic E-state index is 10.9. The molecular formula is C8H14N2O. The minimum Gasteiger partial charge on any atom is -0.356 e. The second kappa shape index (κ2) is 2.81. The van der Waals surface area contributed by atoms with Crippen molar-refractivity contribution in [3.8, 4) is 0 Å². The first-order valence-electron chi connectivity index (χ1n) is 4.33. The summed E-state index contributed by atoms with van der Waals surface area (Å²) in [4.78, 5) is 10.9. The van der Waals surface area contributed by atoms with Gasteiger partial charge in [-0.25, -0.2) is 0 Å². The van der Waals surface area contributed by atoms with Crippen LogP contribution in [-0.2, 0) is 4.79 Å². The van der Waals surface area contributed by atoms with Gasteiger partial charge in [0.1, 0.15) is 0 Å². The zero-order chi connectivity index (χ0) is 7.68. The van der Waals surface area contributed by atoms with Crippen molar-refractivity contribution < 1.29 is 4.79 Å². The predicted octanol–water partition coefficient (Wildman–Crippen LogP) is -0.268. The third kappa shape index (κ3) is 1.38. The number of carbonyl (C=O) groups excluding carboxylic acids is 1. The molecule has 2 heterocycles. The van der Waals surface area contributed by atoms with Crippen LogP contribution in [0.3, 0.4) is 0 Å². The summed E-state index contributed by atoms with van der Waals surface area (Å²) in [7, 11) is 0. The highest BCUT2D eigenvalue weighted by molar-refractivity contribution is 5.78. The van der Waals surface area contributed by atoms with Crippen molar-refractivity contribution in [2.45, 2.75) is 12.8 Å². The number of amides is 1. The van der Waals surface area contributed by atoms with Gasteiger partial charge in [0.15, 0.2) is 0 Å². The number of nitrogens with one attached hydrogen (secondary N) is 2. The molecule has 2 N–H and O–H groups in total. The second-order valence-corrected chi connectivity index (χ2v) is 3.52. The van der Waals surface area contributed by atoms with Gasteiger partial charge in [0.05, 0.1) is 0 Å². The smallest absolute Gasteiger partial charge is 0.220 e. The van der Waals surface area contributed by atoms with Gasteiger partial charge in [0.2, 0.25) is 5.91 Å². The number of rotatable bonds is 1. The number of hydrogen-bond donors (Lipinski definition) is 2. The summed E-state index contributed by atoms with van der Waals surface area (Å²) < 4.78 is 0. The summed E-state index contributed by atoms with van der Waals surface area (Å²) in [6.45, 7) is 3.15. The molecule has 0 bridgehead atoms. The molecule has 0 aliphatic carbocycles. The van der Waals surface area contributed by atoms with E-state index in [4.69, 9.17) is 0 Å². The number of carbonyl (C=O) groups is 1. The fourth-order valence-corrected chi connectivity index (χ4v) is 2.04. The highest BCUT2D eigenvalue weighted by Gasteiger charge is 2.30. The normalized spacial score (nSPS) is 37.6. The summed E-state index contributed by atoms with van der Waals surface area (Å²) in [5, 5.41) is 6.20. The van der Waals surface area contributed by atoms with Crippen LogP contribution in [0.4, 0.5) is 0 Å². The maximum Gasteiger partial charge on any atom is 0.220 e. The Hall–Kier alpha value is -0.570. The van der Waals surface area contributed by atoms with E-state index in [0.717, 1.165) is 32.0 Å². The first-order chi connectivity index (χ1) is 5.36. The van der Waals surface area contributed by atoms with Crippen molar-refractivity contribution in [2.24, 2.45) is 11.8 Å². The van der Waals surface area contributed by atoms with Gasteiger partial charge in [0.25, 0.3) is 0 Å². The van der Waals surface area contributed by atoms with Crippen LogP contribution in [0.5, 0.6) is 0 Å². The van der Waals surface area contributed by atoms with Gasteiger partial charge < -0.3 is 10.6 Å². The molecule has 2 atom stereocenters. The van der Waals surface area contributed by atoms with Crippen molar-refractivity contribution in [3.63, 3.8) is 0 Å². The van der Waals surface area contributed by atoms with Gasteiger partial charge in [0, 0.05) is 13.0 Å². The third-order valence-corrected chi connectivity index (χ3v) is 2.77. The van der Waals surface area contributed by atoms with Gasteiger partial charge in [-0.05, 0) is 31.3 Å². The summed E-state index contributed by atoms with van der Waals surface area (Å²) in [5.74, 6) is 1.59. The van der Waals surface area contributed by atoms with E-state index < -0.39 is 0 Å². The predicted molar refractivity (Wildman–Crippen MR) is 42.1 cm³/mol. The molecule has 2 rings (SSSR count). The molecule has 0 radical (unpaired) electrons. The standard InChI is InChI=1S/C8H14N2O/c11-8-3-7(5-10-8)6-1-2-9-4-6/h6-7,9H,1-5H2,(H,10,11). The van der Waals surface area contributed by atoms with Crippen LogP contribution < -0.4 is 10.6 Å². The van der Waals surface area contributed by atoms with Crippen LogP contribution in [0.25, 0.3) is 0 Å². The molecule has 62 valence electrons. The SMILES string of the molecule is O=C1CC(C2CCNC2)CN1. The average molecular weight is 154 g/mol. The molecule has 0 aromatic heterocycles. The first kappa shape index (κ1) is 7.10. The summed E-state index contributed by atoms with van der Waals surface area (Å²) in [5.41, 5.74) is 0. The molecule has 2 fully saturated rings. The van der Waals surface area contributed by atoms with Gasteiger partial charge in [-0.2, -0.15) is 0 Å². The highest BCUT2D eigenvalue weighted by Crippen LogP contribution is 2.24. The van der Waals surface area contributed by atoms with Crippen LogP contribution >= 0.6 is 0 Å². The van der Waals surface area contributed by atoms with Crippen LogP contribution in [-0.4, -0.2) is 25.5 Å². The number of hydrogen-bond acceptors (Lipinski definition) is 2. The maximum absolute atomic E-state index is 10.9. The fraction of sp³-hybridized carbons (Fsp3) is 0.875. The topological polar surface area (TPSA) is 41.1 Å². The van der Waals surface area contributed by atoms with Crippen LogP contribution in [0.1, 0.15) is 12.8 Å². The Morgan fingerprint density at radius 3 is 2.73 bits per heavy atom. The van der Waals surface area contributed by atoms with E-state index in [-0.39, 0.29) is 5.91 Å². The van der Waals surface area contributed by atoms with Crippen molar-refractivity contribution >= 4 is 5.91 Å². The zero-order valence-corrected chi connectivity index (χ0v) is 6.60. The van der Waals surface area contributed by atoms with Crippen molar-refractivity contribution in [3.05, 3.63) is 0 Å². The Balaban J connectivity index is 1.90. The lowest BCUT2D eigenvalue weighted by molar-refractivity contribution is -0.119. The molecule has 2 aliphatic heterocycles. The molecular weight excluding hydrogens is 140 g/mol. The summed E-state index contributed by atoms with van der Waals surface area (Å²) in [6.07, 6.45) is 2.01. The molecule has 0 spiro atoms.